The lowest BCUT2D eigenvalue weighted by molar-refractivity contribution is -0.140. The second kappa shape index (κ2) is 10.2. The summed E-state index contributed by atoms with van der Waals surface area (Å²) in [6.07, 6.45) is 0.312. The van der Waals surface area contributed by atoms with Gasteiger partial charge in [0.1, 0.15) is 9.75 Å². The zero-order chi connectivity index (χ0) is 26.2. The van der Waals surface area contributed by atoms with Gasteiger partial charge in [0.05, 0.1) is 19.6 Å². The minimum atomic E-state index is -4.09. The molecule has 8 nitrogen and oxygen atoms in total. The van der Waals surface area contributed by atoms with E-state index in [-0.39, 0.29) is 23.0 Å². The van der Waals surface area contributed by atoms with Crippen LogP contribution in [0.3, 0.4) is 0 Å². The predicted molar refractivity (Wildman–Crippen MR) is 140 cm³/mol. The molecule has 11 heteroatoms. The summed E-state index contributed by atoms with van der Waals surface area (Å²) in [6, 6.07) is 17.4. The van der Waals surface area contributed by atoms with Crippen LogP contribution in [0.15, 0.2) is 64.9 Å². The smallest absolute Gasteiger partial charge is 0.325 e. The molecule has 1 amide bonds. The monoisotopic (exact) mass is 560 g/mol. The highest BCUT2D eigenvalue weighted by Crippen LogP contribution is 2.52. The molecule has 2 heterocycles. The Bertz CT molecular complexity index is 1430. The van der Waals surface area contributed by atoms with Crippen LogP contribution in [-0.4, -0.2) is 62.1 Å². The Morgan fingerprint density at radius 1 is 1.11 bits per heavy atom. The molecular weight excluding hydrogens is 536 g/mol. The number of nitrogens with zero attached hydrogens (tertiary/aromatic N) is 1. The number of hydrogen-bond acceptors (Lipinski definition) is 6. The van der Waals surface area contributed by atoms with Crippen molar-refractivity contribution in [2.45, 2.75) is 28.5 Å². The molecule has 1 saturated heterocycles. The van der Waals surface area contributed by atoms with Gasteiger partial charge in [-0.3, -0.25) is 9.59 Å². The van der Waals surface area contributed by atoms with Crippen molar-refractivity contribution in [1.82, 2.24) is 9.62 Å². The van der Waals surface area contributed by atoms with E-state index in [9.17, 15) is 23.1 Å². The number of carboxylic acid groups (broad SMARTS) is 1. The zero-order valence-corrected chi connectivity index (χ0v) is 22.1. The van der Waals surface area contributed by atoms with E-state index >= 15 is 0 Å². The Morgan fingerprint density at radius 3 is 2.54 bits per heavy atom. The lowest BCUT2D eigenvalue weighted by atomic mass is 10.0. The van der Waals surface area contributed by atoms with E-state index in [1.54, 1.807) is 53.4 Å². The zero-order valence-electron chi connectivity index (χ0n) is 19.7. The molecule has 37 heavy (non-hydrogen) atoms. The molecule has 1 saturated carbocycles. The normalized spacial score (nSPS) is 21.5. The fourth-order valence-corrected chi connectivity index (χ4v) is 7.44. The van der Waals surface area contributed by atoms with Crippen molar-refractivity contribution in [3.05, 3.63) is 76.8 Å². The Labute approximate surface area is 223 Å². The van der Waals surface area contributed by atoms with Crippen LogP contribution in [0.1, 0.15) is 23.5 Å². The first-order valence-corrected chi connectivity index (χ1v) is 14.4. The van der Waals surface area contributed by atoms with Crippen LogP contribution in [0, 0.1) is 0 Å². The number of carbonyl (C=O) groups excluding carboxylic acids is 1. The van der Waals surface area contributed by atoms with E-state index in [1.807, 2.05) is 6.07 Å². The van der Waals surface area contributed by atoms with E-state index in [0.717, 1.165) is 27.3 Å². The minimum Gasteiger partial charge on any atom is -0.480 e. The van der Waals surface area contributed by atoms with Crippen LogP contribution < -0.4 is 4.72 Å². The summed E-state index contributed by atoms with van der Waals surface area (Å²) in [7, 11) is -4.09. The van der Waals surface area contributed by atoms with Crippen LogP contribution >= 0.6 is 22.9 Å². The number of carbonyl (C=O) groups is 2. The molecule has 1 aliphatic carbocycles. The number of aliphatic carboxylic acids is 1. The largest absolute Gasteiger partial charge is 0.480 e. The first-order valence-electron chi connectivity index (χ1n) is 11.8. The van der Waals surface area contributed by atoms with Crippen molar-refractivity contribution < 1.29 is 27.9 Å². The quantitative estimate of drug-likeness (QED) is 0.434. The number of amides is 1. The van der Waals surface area contributed by atoms with Gasteiger partial charge < -0.3 is 14.7 Å². The number of sulfonamides is 1. The number of carboxylic acids is 1. The maximum absolute atomic E-state index is 13.2. The summed E-state index contributed by atoms with van der Waals surface area (Å²) in [5.41, 5.74) is 0.617. The molecule has 0 bridgehead atoms. The van der Waals surface area contributed by atoms with Crippen LogP contribution in [-0.2, 0) is 30.8 Å². The molecule has 1 aliphatic heterocycles. The highest BCUT2D eigenvalue weighted by Gasteiger charge is 2.63. The summed E-state index contributed by atoms with van der Waals surface area (Å²) in [4.78, 5) is 27.4. The van der Waals surface area contributed by atoms with Gasteiger partial charge in [-0.15, -0.1) is 11.3 Å². The number of nitrogens with one attached hydrogen (secondary N) is 1. The van der Waals surface area contributed by atoms with Gasteiger partial charge in [-0.2, -0.15) is 4.72 Å². The lowest BCUT2D eigenvalue weighted by Crippen LogP contribution is -2.44. The molecular formula is C26H25ClN2O6S2. The summed E-state index contributed by atoms with van der Waals surface area (Å²) >= 11 is 7.00. The van der Waals surface area contributed by atoms with Crippen molar-refractivity contribution in [2.24, 2.45) is 0 Å². The Hall–Kier alpha value is -2.76. The number of morpholine rings is 1. The second-order valence-corrected chi connectivity index (χ2v) is 12.6. The fourth-order valence-electron chi connectivity index (χ4n) is 4.60. The van der Waals surface area contributed by atoms with Gasteiger partial charge in [0.25, 0.3) is 10.0 Å². The maximum Gasteiger partial charge on any atom is 0.325 e. The third-order valence-electron chi connectivity index (χ3n) is 6.71. The molecule has 2 aromatic carbocycles. The van der Waals surface area contributed by atoms with Gasteiger partial charge in [0.15, 0.2) is 0 Å². The van der Waals surface area contributed by atoms with Gasteiger partial charge >= 0.3 is 5.97 Å². The van der Waals surface area contributed by atoms with Gasteiger partial charge in [-0.25, -0.2) is 8.42 Å². The van der Waals surface area contributed by atoms with E-state index < -0.39 is 27.4 Å². The highest BCUT2D eigenvalue weighted by atomic mass is 35.5. The summed E-state index contributed by atoms with van der Waals surface area (Å²) in [5, 5.41) is 10.6. The number of benzene rings is 2. The van der Waals surface area contributed by atoms with Gasteiger partial charge in [-0.1, -0.05) is 48.0 Å². The molecule has 2 fully saturated rings. The van der Waals surface area contributed by atoms with Crippen LogP contribution in [0.5, 0.6) is 0 Å². The second-order valence-electron chi connectivity index (χ2n) is 9.18. The third kappa shape index (κ3) is 5.44. The standard InChI is InChI=1S/C26H25ClN2O6S2/c27-20-6-4-18(5-7-20)22-8-9-24(36-22)37(33,34)28-26(25(31)32)16-21(26)19-3-1-2-17(14-19)15-23(30)29-10-12-35-13-11-29/h1-9,14,21,28H,10-13,15-16H2,(H,31,32)/t21-,26+/m0/s1. The lowest BCUT2D eigenvalue weighted by Gasteiger charge is -2.27. The van der Waals surface area contributed by atoms with Crippen LogP contribution in [0.25, 0.3) is 10.4 Å². The van der Waals surface area contributed by atoms with E-state index in [0.29, 0.717) is 36.9 Å². The predicted octanol–water partition coefficient (Wildman–Crippen LogP) is 3.76. The van der Waals surface area contributed by atoms with Crippen LogP contribution in [0.2, 0.25) is 5.02 Å². The first-order chi connectivity index (χ1) is 17.7. The number of hydrogen-bond donors (Lipinski definition) is 2. The molecule has 0 spiro atoms. The minimum absolute atomic E-state index is 0.0179. The molecule has 0 unspecified atom stereocenters. The fraction of sp³-hybridized carbons (Fsp3) is 0.308. The van der Waals surface area contributed by atoms with E-state index in [1.165, 1.54) is 6.07 Å². The Balaban J connectivity index is 1.32. The van der Waals surface area contributed by atoms with Gasteiger partial charge in [0, 0.05) is 28.9 Å². The molecule has 3 aromatic rings. The summed E-state index contributed by atoms with van der Waals surface area (Å²) in [5.74, 6) is -1.80. The highest BCUT2D eigenvalue weighted by molar-refractivity contribution is 7.91. The molecule has 194 valence electrons. The van der Waals surface area contributed by atoms with Crippen molar-refractivity contribution in [2.75, 3.05) is 26.3 Å². The molecule has 2 N–H and O–H groups in total. The molecule has 0 radical (unpaired) electrons. The number of ether oxygens (including phenoxy) is 1. The van der Waals surface area contributed by atoms with Gasteiger partial charge in [0.2, 0.25) is 5.91 Å². The number of halogens is 1. The number of rotatable bonds is 8. The Morgan fingerprint density at radius 2 is 1.84 bits per heavy atom. The average molecular weight is 561 g/mol. The SMILES string of the molecule is O=C(Cc1cccc([C@@H]2C[C@]2(NS(=O)(=O)c2ccc(-c3ccc(Cl)cc3)s2)C(=O)O)c1)N1CCOCC1. The third-order valence-corrected chi connectivity index (χ3v) is 10.1. The van der Waals surface area contributed by atoms with Crippen LogP contribution in [0.4, 0.5) is 0 Å². The van der Waals surface area contributed by atoms with E-state index in [4.69, 9.17) is 16.3 Å². The number of thiophene rings is 1. The molecule has 2 atom stereocenters. The maximum atomic E-state index is 13.2. The molecule has 1 aromatic heterocycles. The Kier molecular flexibility index (Phi) is 7.12. The van der Waals surface area contributed by atoms with Crippen molar-refractivity contribution >= 4 is 44.8 Å². The topological polar surface area (TPSA) is 113 Å². The van der Waals surface area contributed by atoms with Gasteiger partial charge in [-0.05, 0) is 47.4 Å². The average Bonchev–Trinajstić information content (AvgIpc) is 3.38. The summed E-state index contributed by atoms with van der Waals surface area (Å²) in [6.45, 7) is 2.13. The first kappa shape index (κ1) is 25.9. The van der Waals surface area contributed by atoms with E-state index in [2.05, 4.69) is 4.72 Å². The summed E-state index contributed by atoms with van der Waals surface area (Å²) < 4.78 is 34.2. The van der Waals surface area contributed by atoms with Crippen molar-refractivity contribution in [3.63, 3.8) is 0 Å². The van der Waals surface area contributed by atoms with Crippen molar-refractivity contribution in [3.8, 4) is 10.4 Å². The van der Waals surface area contributed by atoms with Crippen molar-refractivity contribution in [1.29, 1.82) is 0 Å². The molecule has 5 rings (SSSR count). The molecule has 2 aliphatic rings.